The molecule has 0 aliphatic carbocycles. The molecule has 2 heterocycles. The Hall–Kier alpha value is -3.91. The highest BCUT2D eigenvalue weighted by Crippen LogP contribution is 2.50. The molecule has 0 saturated heterocycles. The zero-order valence-corrected chi connectivity index (χ0v) is 24.3. The SMILES string of the molecule is CCN1C(=CC=C(C)C=CC2=[N+](C)c3ccc4ccccc4c3C2(C)C)C(C)(C)c2c1ccc1ccccc21. The summed E-state index contributed by atoms with van der Waals surface area (Å²) in [5.74, 6) is 0. The van der Waals surface area contributed by atoms with Gasteiger partial charge in [0.2, 0.25) is 5.69 Å². The molecule has 2 heteroatoms. The average molecular weight is 512 g/mol. The van der Waals surface area contributed by atoms with Crippen molar-refractivity contribution in [3.63, 3.8) is 0 Å². The predicted molar refractivity (Wildman–Crippen MR) is 169 cm³/mol. The van der Waals surface area contributed by atoms with Crippen LogP contribution < -0.4 is 4.90 Å². The summed E-state index contributed by atoms with van der Waals surface area (Å²) in [7, 11) is 2.20. The monoisotopic (exact) mass is 511 g/mol. The lowest BCUT2D eigenvalue weighted by Crippen LogP contribution is -2.26. The van der Waals surface area contributed by atoms with Gasteiger partial charge < -0.3 is 4.90 Å². The van der Waals surface area contributed by atoms with E-state index < -0.39 is 0 Å². The van der Waals surface area contributed by atoms with Crippen molar-refractivity contribution in [3.8, 4) is 0 Å². The molecule has 0 amide bonds. The molecule has 0 unspecified atom stereocenters. The van der Waals surface area contributed by atoms with E-state index in [0.717, 1.165) is 6.54 Å². The van der Waals surface area contributed by atoms with Gasteiger partial charge in [0.25, 0.3) is 0 Å². The van der Waals surface area contributed by atoms with Crippen molar-refractivity contribution in [1.82, 2.24) is 0 Å². The third-order valence-corrected chi connectivity index (χ3v) is 8.97. The molecule has 0 aromatic heterocycles. The Bertz CT molecular complexity index is 1760. The Morgan fingerprint density at radius 2 is 1.41 bits per heavy atom. The Morgan fingerprint density at radius 1 is 0.795 bits per heavy atom. The largest absolute Gasteiger partial charge is 0.344 e. The summed E-state index contributed by atoms with van der Waals surface area (Å²) >= 11 is 0. The van der Waals surface area contributed by atoms with Crippen molar-refractivity contribution in [2.75, 3.05) is 18.5 Å². The Balaban J connectivity index is 1.35. The minimum absolute atomic E-state index is 0.0716. The van der Waals surface area contributed by atoms with Crippen LogP contribution in [0.2, 0.25) is 0 Å². The highest BCUT2D eigenvalue weighted by molar-refractivity contribution is 6.07. The molecule has 0 saturated carbocycles. The van der Waals surface area contributed by atoms with Crippen LogP contribution in [0.1, 0.15) is 52.7 Å². The van der Waals surface area contributed by atoms with Crippen LogP contribution >= 0.6 is 0 Å². The first-order valence-electron chi connectivity index (χ1n) is 14.2. The lowest BCUT2D eigenvalue weighted by atomic mass is 9.79. The molecule has 196 valence electrons. The number of likely N-dealkylation sites (N-methyl/N-ethyl adjacent to an activating group) is 1. The topological polar surface area (TPSA) is 6.25 Å². The lowest BCUT2D eigenvalue weighted by Gasteiger charge is -2.26. The fourth-order valence-corrected chi connectivity index (χ4v) is 7.05. The van der Waals surface area contributed by atoms with Gasteiger partial charge in [-0.2, -0.15) is 4.58 Å². The molecule has 0 N–H and O–H groups in total. The molecule has 4 aromatic rings. The number of anilines is 1. The molecule has 6 rings (SSSR count). The van der Waals surface area contributed by atoms with E-state index in [2.05, 4.69) is 155 Å². The molecule has 0 bridgehead atoms. The maximum Gasteiger partial charge on any atom is 0.210 e. The number of allylic oxidation sites excluding steroid dienone is 6. The van der Waals surface area contributed by atoms with E-state index in [9.17, 15) is 0 Å². The highest BCUT2D eigenvalue weighted by atomic mass is 15.2. The van der Waals surface area contributed by atoms with E-state index in [-0.39, 0.29) is 10.8 Å². The van der Waals surface area contributed by atoms with E-state index in [1.54, 1.807) is 0 Å². The molecule has 0 spiro atoms. The Kier molecular flexibility index (Phi) is 5.91. The first-order chi connectivity index (χ1) is 18.7. The zero-order valence-electron chi connectivity index (χ0n) is 24.3. The van der Waals surface area contributed by atoms with Crippen LogP contribution in [0, 0.1) is 0 Å². The minimum Gasteiger partial charge on any atom is -0.344 e. The van der Waals surface area contributed by atoms with Gasteiger partial charge in [0, 0.05) is 41.1 Å². The second-order valence-corrected chi connectivity index (χ2v) is 12.1. The number of fused-ring (bicyclic) bond motifs is 6. The van der Waals surface area contributed by atoms with Gasteiger partial charge in [0.15, 0.2) is 5.71 Å². The van der Waals surface area contributed by atoms with Gasteiger partial charge >= 0.3 is 0 Å². The van der Waals surface area contributed by atoms with Crippen molar-refractivity contribution in [3.05, 3.63) is 119 Å². The van der Waals surface area contributed by atoms with E-state index in [1.165, 1.54) is 61.0 Å². The second kappa shape index (κ2) is 9.09. The molecule has 4 aromatic carbocycles. The number of rotatable bonds is 4. The van der Waals surface area contributed by atoms with Gasteiger partial charge in [-0.25, -0.2) is 0 Å². The quantitative estimate of drug-likeness (QED) is 0.195. The molecule has 2 aliphatic rings. The molecule has 0 atom stereocenters. The molecule has 0 fully saturated rings. The summed E-state index contributed by atoms with van der Waals surface area (Å²) < 4.78 is 2.37. The third-order valence-electron chi connectivity index (χ3n) is 8.97. The van der Waals surface area contributed by atoms with E-state index >= 15 is 0 Å². The summed E-state index contributed by atoms with van der Waals surface area (Å²) in [5, 5.41) is 5.32. The number of benzene rings is 4. The van der Waals surface area contributed by atoms with Crippen LogP contribution in [0.3, 0.4) is 0 Å². The van der Waals surface area contributed by atoms with Crippen LogP contribution in [0.25, 0.3) is 21.5 Å². The first kappa shape index (κ1) is 25.4. The van der Waals surface area contributed by atoms with Crippen LogP contribution in [0.5, 0.6) is 0 Å². The zero-order chi connectivity index (χ0) is 27.5. The maximum atomic E-state index is 2.49. The summed E-state index contributed by atoms with van der Waals surface area (Å²) in [6.45, 7) is 14.8. The van der Waals surface area contributed by atoms with Crippen molar-refractivity contribution in [2.45, 2.75) is 52.4 Å². The van der Waals surface area contributed by atoms with Crippen molar-refractivity contribution in [2.24, 2.45) is 0 Å². The smallest absolute Gasteiger partial charge is 0.210 e. The van der Waals surface area contributed by atoms with Crippen molar-refractivity contribution >= 4 is 38.6 Å². The van der Waals surface area contributed by atoms with Crippen molar-refractivity contribution < 1.29 is 4.58 Å². The Morgan fingerprint density at radius 3 is 2.08 bits per heavy atom. The van der Waals surface area contributed by atoms with Gasteiger partial charge in [0.05, 0.1) is 5.41 Å². The molecular weight excluding hydrogens is 472 g/mol. The molecule has 39 heavy (non-hydrogen) atoms. The standard InChI is InChI=1S/C37H39N2/c1-8-39-31-22-20-27-14-10-12-16-29(27)35(31)37(5,6)33(39)24-18-25(2)17-23-32-36(3,4)34-28-15-11-9-13-26(28)19-21-30(34)38(32)7/h9-24H,8H2,1-7H3/q+1. The lowest BCUT2D eigenvalue weighted by molar-refractivity contribution is -0.401. The number of hydrogen-bond donors (Lipinski definition) is 0. The highest BCUT2D eigenvalue weighted by Gasteiger charge is 2.44. The normalized spacial score (nSPS) is 19.1. The van der Waals surface area contributed by atoms with Crippen LogP contribution in [-0.2, 0) is 10.8 Å². The van der Waals surface area contributed by atoms with Crippen LogP contribution in [0.4, 0.5) is 11.4 Å². The van der Waals surface area contributed by atoms with Crippen LogP contribution in [0.15, 0.2) is 108 Å². The number of nitrogens with zero attached hydrogens (tertiary/aromatic N) is 2. The van der Waals surface area contributed by atoms with E-state index in [1.807, 2.05) is 0 Å². The molecule has 2 aliphatic heterocycles. The van der Waals surface area contributed by atoms with Gasteiger partial charge in [-0.3, -0.25) is 0 Å². The fraction of sp³-hybridized carbons (Fsp3) is 0.270. The maximum absolute atomic E-state index is 2.49. The molecule has 2 nitrogen and oxygen atoms in total. The van der Waals surface area contributed by atoms with E-state index in [4.69, 9.17) is 0 Å². The van der Waals surface area contributed by atoms with Gasteiger partial charge in [-0.1, -0.05) is 86.2 Å². The summed E-state index contributed by atoms with van der Waals surface area (Å²) in [6.07, 6.45) is 9.22. The predicted octanol–water partition coefficient (Wildman–Crippen LogP) is 9.20. The van der Waals surface area contributed by atoms with E-state index in [0.29, 0.717) is 0 Å². The van der Waals surface area contributed by atoms with Gasteiger partial charge in [-0.05, 0) is 73.0 Å². The average Bonchev–Trinajstić information content (AvgIpc) is 3.28. The van der Waals surface area contributed by atoms with Gasteiger partial charge in [-0.15, -0.1) is 0 Å². The first-order valence-corrected chi connectivity index (χ1v) is 14.2. The fourth-order valence-electron chi connectivity index (χ4n) is 7.05. The number of hydrogen-bond acceptors (Lipinski definition) is 1. The van der Waals surface area contributed by atoms with Crippen LogP contribution in [-0.4, -0.2) is 23.9 Å². The Labute approximate surface area is 233 Å². The van der Waals surface area contributed by atoms with Crippen molar-refractivity contribution in [1.29, 1.82) is 0 Å². The second-order valence-electron chi connectivity index (χ2n) is 12.1. The third kappa shape index (κ3) is 3.80. The summed E-state index contributed by atoms with van der Waals surface area (Å²) in [5.41, 5.74) is 9.27. The minimum atomic E-state index is -0.0741. The van der Waals surface area contributed by atoms with Gasteiger partial charge in [0.1, 0.15) is 7.05 Å². The molecule has 0 radical (unpaired) electrons. The summed E-state index contributed by atoms with van der Waals surface area (Å²) in [4.78, 5) is 2.49. The molecular formula is C37H39N2+. The summed E-state index contributed by atoms with van der Waals surface area (Å²) in [6, 6.07) is 26.6.